The Morgan fingerprint density at radius 2 is 2.36 bits per heavy atom. The number of hydrogen-bond donors (Lipinski definition) is 1. The number of carbonyl (C=O) groups is 1. The third-order valence-electron chi connectivity index (χ3n) is 2.42. The molecule has 1 rings (SSSR count). The number of nitrogens with one attached hydrogen (secondary N) is 1. The first kappa shape index (κ1) is 11.5. The van der Waals surface area contributed by atoms with Gasteiger partial charge >= 0.3 is 0 Å². The van der Waals surface area contributed by atoms with Crippen molar-refractivity contribution in [1.29, 1.82) is 0 Å². The van der Waals surface area contributed by atoms with E-state index in [9.17, 15) is 4.79 Å². The van der Waals surface area contributed by atoms with Gasteiger partial charge in [-0.2, -0.15) is 0 Å². The van der Waals surface area contributed by atoms with Crippen LogP contribution in [0.5, 0.6) is 0 Å². The molecular formula is C10H20N2O2. The Kier molecular flexibility index (Phi) is 4.35. The molecule has 0 bridgehead atoms. The van der Waals surface area contributed by atoms with Gasteiger partial charge in [0.25, 0.3) is 0 Å². The van der Waals surface area contributed by atoms with Crippen molar-refractivity contribution in [2.75, 3.05) is 26.8 Å². The molecule has 0 saturated carbocycles. The van der Waals surface area contributed by atoms with Gasteiger partial charge in [-0.25, -0.2) is 0 Å². The SMILES string of the molecule is COCCN1C(=O)CNC1CC(C)C. The van der Waals surface area contributed by atoms with Crippen LogP contribution in [0, 0.1) is 5.92 Å². The van der Waals surface area contributed by atoms with E-state index >= 15 is 0 Å². The van der Waals surface area contributed by atoms with Crippen molar-refractivity contribution in [2.45, 2.75) is 26.4 Å². The van der Waals surface area contributed by atoms with Crippen LogP contribution in [0.1, 0.15) is 20.3 Å². The number of hydrogen-bond acceptors (Lipinski definition) is 3. The number of amides is 1. The van der Waals surface area contributed by atoms with E-state index in [-0.39, 0.29) is 12.1 Å². The Hall–Kier alpha value is -0.610. The lowest BCUT2D eigenvalue weighted by Crippen LogP contribution is -2.40. The van der Waals surface area contributed by atoms with Crippen molar-refractivity contribution >= 4 is 5.91 Å². The Morgan fingerprint density at radius 3 is 2.93 bits per heavy atom. The van der Waals surface area contributed by atoms with Crippen molar-refractivity contribution in [2.24, 2.45) is 5.92 Å². The molecule has 1 N–H and O–H groups in total. The van der Waals surface area contributed by atoms with Crippen molar-refractivity contribution in [1.82, 2.24) is 10.2 Å². The summed E-state index contributed by atoms with van der Waals surface area (Å²) >= 11 is 0. The second-order valence-electron chi connectivity index (χ2n) is 4.11. The first-order valence-corrected chi connectivity index (χ1v) is 5.17. The normalized spacial score (nSPS) is 22.4. The molecule has 1 aliphatic rings. The summed E-state index contributed by atoms with van der Waals surface area (Å²) in [5.41, 5.74) is 0. The zero-order valence-electron chi connectivity index (χ0n) is 9.25. The van der Waals surface area contributed by atoms with E-state index in [0.29, 0.717) is 25.6 Å². The molecule has 4 heteroatoms. The van der Waals surface area contributed by atoms with Gasteiger partial charge in [0.15, 0.2) is 0 Å². The van der Waals surface area contributed by atoms with E-state index < -0.39 is 0 Å². The van der Waals surface area contributed by atoms with Crippen LogP contribution < -0.4 is 5.32 Å². The maximum Gasteiger partial charge on any atom is 0.237 e. The molecular weight excluding hydrogens is 180 g/mol. The van der Waals surface area contributed by atoms with Gasteiger partial charge in [-0.3, -0.25) is 10.1 Å². The van der Waals surface area contributed by atoms with E-state index in [1.165, 1.54) is 0 Å². The monoisotopic (exact) mass is 200 g/mol. The molecule has 14 heavy (non-hydrogen) atoms. The molecule has 1 aliphatic heterocycles. The fourth-order valence-corrected chi connectivity index (χ4v) is 1.72. The minimum Gasteiger partial charge on any atom is -0.383 e. The third kappa shape index (κ3) is 2.96. The summed E-state index contributed by atoms with van der Waals surface area (Å²) in [6.07, 6.45) is 1.22. The first-order chi connectivity index (χ1) is 6.65. The lowest BCUT2D eigenvalue weighted by Gasteiger charge is -2.25. The molecule has 0 aromatic heterocycles. The first-order valence-electron chi connectivity index (χ1n) is 5.17. The van der Waals surface area contributed by atoms with Gasteiger partial charge in [0.05, 0.1) is 19.3 Å². The summed E-state index contributed by atoms with van der Waals surface area (Å²) in [6.45, 7) is 6.11. The Labute approximate surface area is 85.6 Å². The number of nitrogens with zero attached hydrogens (tertiary/aromatic N) is 1. The van der Waals surface area contributed by atoms with Crippen LogP contribution in [0.4, 0.5) is 0 Å². The largest absolute Gasteiger partial charge is 0.383 e. The van der Waals surface area contributed by atoms with Crippen LogP contribution in [-0.4, -0.2) is 43.8 Å². The summed E-state index contributed by atoms with van der Waals surface area (Å²) in [7, 11) is 1.66. The van der Waals surface area contributed by atoms with Gasteiger partial charge in [-0.1, -0.05) is 13.8 Å². The molecule has 1 unspecified atom stereocenters. The van der Waals surface area contributed by atoms with Crippen LogP contribution in [0.25, 0.3) is 0 Å². The summed E-state index contributed by atoms with van der Waals surface area (Å²) < 4.78 is 4.98. The standard InChI is InChI=1S/C10H20N2O2/c1-8(2)6-9-11-7-10(13)12(9)4-5-14-3/h8-9,11H,4-7H2,1-3H3. The predicted octanol–water partition coefficient (Wildman–Crippen LogP) is 0.437. The number of ether oxygens (including phenoxy) is 1. The van der Waals surface area contributed by atoms with Crippen LogP contribution >= 0.6 is 0 Å². The average molecular weight is 200 g/mol. The second kappa shape index (κ2) is 5.32. The number of methoxy groups -OCH3 is 1. The van der Waals surface area contributed by atoms with Crippen molar-refractivity contribution < 1.29 is 9.53 Å². The van der Waals surface area contributed by atoms with E-state index in [0.717, 1.165) is 6.42 Å². The Morgan fingerprint density at radius 1 is 1.64 bits per heavy atom. The Bertz CT molecular complexity index is 195. The molecule has 1 amide bonds. The highest BCUT2D eigenvalue weighted by Crippen LogP contribution is 2.13. The highest BCUT2D eigenvalue weighted by molar-refractivity contribution is 5.80. The number of rotatable bonds is 5. The third-order valence-corrected chi connectivity index (χ3v) is 2.42. The molecule has 4 nitrogen and oxygen atoms in total. The lowest BCUT2D eigenvalue weighted by atomic mass is 10.1. The fraction of sp³-hybridized carbons (Fsp3) is 0.900. The number of carbonyl (C=O) groups excluding carboxylic acids is 1. The van der Waals surface area contributed by atoms with Gasteiger partial charge in [0.1, 0.15) is 0 Å². The second-order valence-corrected chi connectivity index (χ2v) is 4.11. The van der Waals surface area contributed by atoms with Gasteiger partial charge in [-0.15, -0.1) is 0 Å². The molecule has 1 fully saturated rings. The summed E-state index contributed by atoms with van der Waals surface area (Å²) in [5, 5.41) is 3.22. The maximum absolute atomic E-state index is 11.5. The van der Waals surface area contributed by atoms with Crippen LogP contribution in [0.15, 0.2) is 0 Å². The highest BCUT2D eigenvalue weighted by atomic mass is 16.5. The Balaban J connectivity index is 2.44. The molecule has 0 radical (unpaired) electrons. The smallest absolute Gasteiger partial charge is 0.237 e. The molecule has 1 saturated heterocycles. The average Bonchev–Trinajstić information content (AvgIpc) is 2.44. The summed E-state index contributed by atoms with van der Waals surface area (Å²) in [5.74, 6) is 0.788. The summed E-state index contributed by atoms with van der Waals surface area (Å²) in [6, 6.07) is 0. The van der Waals surface area contributed by atoms with E-state index in [2.05, 4.69) is 19.2 Å². The van der Waals surface area contributed by atoms with Crippen molar-refractivity contribution in [3.8, 4) is 0 Å². The molecule has 1 heterocycles. The highest BCUT2D eigenvalue weighted by Gasteiger charge is 2.29. The molecule has 0 aliphatic carbocycles. The molecule has 82 valence electrons. The van der Waals surface area contributed by atoms with Crippen molar-refractivity contribution in [3.05, 3.63) is 0 Å². The quantitative estimate of drug-likeness (QED) is 0.700. The molecule has 0 aromatic carbocycles. The molecule has 0 spiro atoms. The zero-order valence-corrected chi connectivity index (χ0v) is 9.25. The van der Waals surface area contributed by atoms with Crippen LogP contribution in [0.2, 0.25) is 0 Å². The molecule has 0 aromatic rings. The zero-order chi connectivity index (χ0) is 10.6. The van der Waals surface area contributed by atoms with Crippen LogP contribution in [-0.2, 0) is 9.53 Å². The van der Waals surface area contributed by atoms with Gasteiger partial charge in [0, 0.05) is 13.7 Å². The van der Waals surface area contributed by atoms with E-state index in [4.69, 9.17) is 4.74 Å². The van der Waals surface area contributed by atoms with Gasteiger partial charge in [0.2, 0.25) is 5.91 Å². The van der Waals surface area contributed by atoms with E-state index in [1.807, 2.05) is 4.90 Å². The predicted molar refractivity (Wildman–Crippen MR) is 54.8 cm³/mol. The minimum atomic E-state index is 0.188. The maximum atomic E-state index is 11.5. The minimum absolute atomic E-state index is 0.188. The van der Waals surface area contributed by atoms with Crippen molar-refractivity contribution in [3.63, 3.8) is 0 Å². The van der Waals surface area contributed by atoms with E-state index in [1.54, 1.807) is 7.11 Å². The van der Waals surface area contributed by atoms with Gasteiger partial charge in [-0.05, 0) is 12.3 Å². The fourth-order valence-electron chi connectivity index (χ4n) is 1.72. The summed E-state index contributed by atoms with van der Waals surface area (Å²) in [4.78, 5) is 13.4. The topological polar surface area (TPSA) is 41.6 Å². The lowest BCUT2D eigenvalue weighted by molar-refractivity contribution is -0.128. The van der Waals surface area contributed by atoms with Gasteiger partial charge < -0.3 is 9.64 Å². The molecule has 1 atom stereocenters. The van der Waals surface area contributed by atoms with Crippen LogP contribution in [0.3, 0.4) is 0 Å².